The van der Waals surface area contributed by atoms with Gasteiger partial charge in [0, 0.05) is 36.8 Å². The molecule has 7 heteroatoms. The van der Waals surface area contributed by atoms with Gasteiger partial charge >= 0.3 is 0 Å². The number of benzene rings is 2. The van der Waals surface area contributed by atoms with Gasteiger partial charge in [-0.1, -0.05) is 41.9 Å². The molecule has 154 valence electrons. The van der Waals surface area contributed by atoms with E-state index in [1.807, 2.05) is 29.2 Å². The molecule has 1 saturated heterocycles. The van der Waals surface area contributed by atoms with E-state index >= 15 is 0 Å². The Morgan fingerprint density at radius 3 is 2.50 bits per heavy atom. The lowest BCUT2D eigenvalue weighted by atomic mass is 10.1. The Hall–Kier alpha value is -3.12. The van der Waals surface area contributed by atoms with E-state index in [1.54, 1.807) is 24.3 Å². The maximum atomic E-state index is 12.5. The quantitative estimate of drug-likeness (QED) is 0.625. The average molecular weight is 423 g/mol. The molecule has 0 unspecified atom stereocenters. The topological polar surface area (TPSA) is 58.6 Å². The predicted molar refractivity (Wildman–Crippen MR) is 118 cm³/mol. The van der Waals surface area contributed by atoms with Gasteiger partial charge in [-0.25, -0.2) is 0 Å². The van der Waals surface area contributed by atoms with Gasteiger partial charge in [0.15, 0.2) is 12.4 Å². The third-order valence-corrected chi connectivity index (χ3v) is 5.42. The first-order chi connectivity index (χ1) is 14.6. The second-order valence-corrected chi connectivity index (χ2v) is 7.64. The van der Waals surface area contributed by atoms with E-state index in [-0.39, 0.29) is 12.5 Å². The number of carbonyl (C=O) groups excluding carboxylic acids is 1. The zero-order chi connectivity index (χ0) is 20.9. The van der Waals surface area contributed by atoms with Crippen molar-refractivity contribution < 1.29 is 9.53 Å². The van der Waals surface area contributed by atoms with Gasteiger partial charge in [0.2, 0.25) is 0 Å². The molecule has 2 aromatic carbocycles. The molecule has 0 N–H and O–H groups in total. The smallest absolute Gasteiger partial charge is 0.260 e. The number of piperazine rings is 1. The molecular weight excluding hydrogens is 400 g/mol. The standard InChI is InChI=1S/C23H23ClN4O2/c1-17-5-2-3-8-20(17)21-9-10-22(26-25-21)27-11-13-28(14-12-27)23(29)16-30-19-7-4-6-18(24)15-19/h2-10,15H,11-14,16H2,1H3. The van der Waals surface area contributed by atoms with Crippen LogP contribution in [0.3, 0.4) is 0 Å². The number of hydrogen-bond donors (Lipinski definition) is 0. The highest BCUT2D eigenvalue weighted by molar-refractivity contribution is 6.30. The summed E-state index contributed by atoms with van der Waals surface area (Å²) in [6.45, 7) is 4.74. The molecule has 1 amide bonds. The van der Waals surface area contributed by atoms with Gasteiger partial charge in [-0.15, -0.1) is 10.2 Å². The third kappa shape index (κ3) is 4.71. The van der Waals surface area contributed by atoms with Crippen LogP contribution in [0.4, 0.5) is 5.82 Å². The fourth-order valence-corrected chi connectivity index (χ4v) is 3.66. The number of hydrogen-bond acceptors (Lipinski definition) is 5. The van der Waals surface area contributed by atoms with E-state index in [1.165, 1.54) is 5.56 Å². The Morgan fingerprint density at radius 2 is 1.80 bits per heavy atom. The van der Waals surface area contributed by atoms with Crippen LogP contribution >= 0.6 is 11.6 Å². The molecule has 3 aromatic rings. The minimum absolute atomic E-state index is 0.00523. The minimum atomic E-state index is -0.0318. The zero-order valence-electron chi connectivity index (χ0n) is 16.8. The lowest BCUT2D eigenvalue weighted by molar-refractivity contribution is -0.133. The van der Waals surface area contributed by atoms with E-state index < -0.39 is 0 Å². The number of amides is 1. The highest BCUT2D eigenvalue weighted by atomic mass is 35.5. The van der Waals surface area contributed by atoms with Crippen LogP contribution in [0, 0.1) is 6.92 Å². The van der Waals surface area contributed by atoms with Crippen LogP contribution in [0.5, 0.6) is 5.75 Å². The normalized spacial score (nSPS) is 13.9. The summed E-state index contributed by atoms with van der Waals surface area (Å²) in [7, 11) is 0. The second-order valence-electron chi connectivity index (χ2n) is 7.21. The number of halogens is 1. The number of ether oxygens (including phenoxy) is 1. The summed E-state index contributed by atoms with van der Waals surface area (Å²) in [5.41, 5.74) is 3.13. The largest absolute Gasteiger partial charge is 0.484 e. The van der Waals surface area contributed by atoms with Crippen LogP contribution in [-0.2, 0) is 4.79 Å². The van der Waals surface area contributed by atoms with E-state index in [0.29, 0.717) is 37.0 Å². The van der Waals surface area contributed by atoms with E-state index in [4.69, 9.17) is 16.3 Å². The molecule has 6 nitrogen and oxygen atoms in total. The van der Waals surface area contributed by atoms with Gasteiger partial charge in [0.1, 0.15) is 5.75 Å². The molecule has 0 bridgehead atoms. The van der Waals surface area contributed by atoms with Crippen LogP contribution in [0.25, 0.3) is 11.3 Å². The van der Waals surface area contributed by atoms with Crippen molar-refractivity contribution in [3.63, 3.8) is 0 Å². The Bertz CT molecular complexity index is 1020. The number of carbonyl (C=O) groups is 1. The van der Waals surface area contributed by atoms with Crippen molar-refractivity contribution >= 4 is 23.3 Å². The lowest BCUT2D eigenvalue weighted by Crippen LogP contribution is -2.50. The molecule has 0 radical (unpaired) electrons. The summed E-state index contributed by atoms with van der Waals surface area (Å²) < 4.78 is 5.57. The van der Waals surface area contributed by atoms with Crippen molar-refractivity contribution in [1.82, 2.24) is 15.1 Å². The van der Waals surface area contributed by atoms with Crippen LogP contribution in [0.1, 0.15) is 5.56 Å². The van der Waals surface area contributed by atoms with E-state index in [9.17, 15) is 4.79 Å². The maximum absolute atomic E-state index is 12.5. The first kappa shape index (κ1) is 20.2. The molecule has 2 heterocycles. The number of anilines is 1. The number of aryl methyl sites for hydroxylation is 1. The Kier molecular flexibility index (Phi) is 6.14. The van der Waals surface area contributed by atoms with E-state index in [2.05, 4.69) is 34.2 Å². The molecule has 1 aliphatic heterocycles. The fourth-order valence-electron chi connectivity index (χ4n) is 3.48. The molecular formula is C23H23ClN4O2. The number of rotatable bonds is 5. The van der Waals surface area contributed by atoms with Gasteiger partial charge in [-0.3, -0.25) is 4.79 Å². The summed E-state index contributed by atoms with van der Waals surface area (Å²) in [5, 5.41) is 9.40. The molecule has 1 aliphatic rings. The zero-order valence-corrected chi connectivity index (χ0v) is 17.5. The summed E-state index contributed by atoms with van der Waals surface area (Å²) >= 11 is 5.94. The Labute approximate surface area is 181 Å². The maximum Gasteiger partial charge on any atom is 0.260 e. The highest BCUT2D eigenvalue weighted by Gasteiger charge is 2.22. The first-order valence-corrected chi connectivity index (χ1v) is 10.3. The van der Waals surface area contributed by atoms with Crippen LogP contribution in [0.15, 0.2) is 60.7 Å². The van der Waals surface area contributed by atoms with E-state index in [0.717, 1.165) is 17.1 Å². The molecule has 0 spiro atoms. The summed E-state index contributed by atoms with van der Waals surface area (Å²) in [6.07, 6.45) is 0. The minimum Gasteiger partial charge on any atom is -0.484 e. The Morgan fingerprint density at radius 1 is 1.00 bits per heavy atom. The molecule has 0 saturated carbocycles. The summed E-state index contributed by atoms with van der Waals surface area (Å²) in [4.78, 5) is 16.4. The molecule has 0 aliphatic carbocycles. The van der Waals surface area contributed by atoms with Crippen molar-refractivity contribution in [2.75, 3.05) is 37.7 Å². The molecule has 30 heavy (non-hydrogen) atoms. The van der Waals surface area contributed by atoms with Crippen molar-refractivity contribution in [1.29, 1.82) is 0 Å². The molecule has 1 fully saturated rings. The summed E-state index contributed by atoms with van der Waals surface area (Å²) in [6, 6.07) is 19.2. The second kappa shape index (κ2) is 9.13. The van der Waals surface area contributed by atoms with Crippen molar-refractivity contribution in [3.8, 4) is 17.0 Å². The van der Waals surface area contributed by atoms with Crippen molar-refractivity contribution in [3.05, 3.63) is 71.2 Å². The van der Waals surface area contributed by atoms with Gasteiger partial charge in [-0.05, 0) is 42.8 Å². The Balaban J connectivity index is 1.31. The fraction of sp³-hybridized carbons (Fsp3) is 0.261. The average Bonchev–Trinajstić information content (AvgIpc) is 2.78. The van der Waals surface area contributed by atoms with Crippen molar-refractivity contribution in [2.24, 2.45) is 0 Å². The lowest BCUT2D eigenvalue weighted by Gasteiger charge is -2.35. The molecule has 1 aromatic heterocycles. The first-order valence-electron chi connectivity index (χ1n) is 9.91. The summed E-state index contributed by atoms with van der Waals surface area (Å²) in [5.74, 6) is 1.39. The SMILES string of the molecule is Cc1ccccc1-c1ccc(N2CCN(C(=O)COc3cccc(Cl)c3)CC2)nn1. The van der Waals surface area contributed by atoms with Crippen LogP contribution in [0.2, 0.25) is 5.02 Å². The third-order valence-electron chi connectivity index (χ3n) is 5.19. The highest BCUT2D eigenvalue weighted by Crippen LogP contribution is 2.22. The predicted octanol–water partition coefficient (Wildman–Crippen LogP) is 3.83. The number of nitrogens with zero attached hydrogens (tertiary/aromatic N) is 4. The van der Waals surface area contributed by atoms with Gasteiger partial charge in [0.25, 0.3) is 5.91 Å². The van der Waals surface area contributed by atoms with Gasteiger partial charge in [0.05, 0.1) is 5.69 Å². The van der Waals surface area contributed by atoms with Crippen molar-refractivity contribution in [2.45, 2.75) is 6.92 Å². The monoisotopic (exact) mass is 422 g/mol. The molecule has 4 rings (SSSR count). The number of aromatic nitrogens is 2. The van der Waals surface area contributed by atoms with Gasteiger partial charge < -0.3 is 14.5 Å². The van der Waals surface area contributed by atoms with Crippen LogP contribution in [-0.4, -0.2) is 53.8 Å². The molecule has 0 atom stereocenters. The van der Waals surface area contributed by atoms with Crippen LogP contribution < -0.4 is 9.64 Å². The van der Waals surface area contributed by atoms with Gasteiger partial charge in [-0.2, -0.15) is 0 Å².